The van der Waals surface area contributed by atoms with Crippen molar-refractivity contribution in [2.45, 2.75) is 90.9 Å². The summed E-state index contributed by atoms with van der Waals surface area (Å²) in [4.78, 5) is 0. The summed E-state index contributed by atoms with van der Waals surface area (Å²) >= 11 is 0. The Balaban J connectivity index is 1.94. The third kappa shape index (κ3) is 5.92. The minimum Gasteiger partial charge on any atom is -0.0654 e. The smallest absolute Gasteiger partial charge is 0.0388 e. The van der Waals surface area contributed by atoms with Crippen LogP contribution in [0.25, 0.3) is 0 Å². The van der Waals surface area contributed by atoms with Crippen LogP contribution < -0.4 is 0 Å². The van der Waals surface area contributed by atoms with Gasteiger partial charge in [-0.3, -0.25) is 0 Å². The van der Waals surface area contributed by atoms with Gasteiger partial charge in [-0.15, -0.1) is 0 Å². The molecular weight excluding hydrogens is 192 g/mol. The van der Waals surface area contributed by atoms with Crippen LogP contribution in [0.2, 0.25) is 0 Å². The van der Waals surface area contributed by atoms with E-state index in [0.29, 0.717) is 0 Å². The predicted octanol–water partition coefficient (Wildman–Crippen LogP) is 5.95. The average molecular weight is 224 g/mol. The van der Waals surface area contributed by atoms with E-state index < -0.39 is 0 Å². The van der Waals surface area contributed by atoms with Crippen molar-refractivity contribution in [2.75, 3.05) is 0 Å². The molecule has 96 valence electrons. The van der Waals surface area contributed by atoms with Gasteiger partial charge in [0.05, 0.1) is 0 Å². The van der Waals surface area contributed by atoms with E-state index in [4.69, 9.17) is 0 Å². The summed E-state index contributed by atoms with van der Waals surface area (Å²) in [5.74, 6) is 2.08. The lowest BCUT2D eigenvalue weighted by Crippen LogP contribution is -2.15. The molecule has 1 unspecified atom stereocenters. The average Bonchev–Trinajstić information content (AvgIpc) is 2.34. The molecule has 0 aromatic heterocycles. The maximum Gasteiger partial charge on any atom is -0.0388 e. The van der Waals surface area contributed by atoms with Crippen molar-refractivity contribution < 1.29 is 0 Å². The highest BCUT2D eigenvalue weighted by Crippen LogP contribution is 2.32. The van der Waals surface area contributed by atoms with Gasteiger partial charge in [0.15, 0.2) is 0 Å². The van der Waals surface area contributed by atoms with Crippen molar-refractivity contribution in [2.24, 2.45) is 11.8 Å². The van der Waals surface area contributed by atoms with E-state index in [1.54, 1.807) is 0 Å². The maximum atomic E-state index is 2.50. The highest BCUT2D eigenvalue weighted by atomic mass is 14.2. The molecule has 1 saturated carbocycles. The Hall–Kier alpha value is 0. The van der Waals surface area contributed by atoms with Gasteiger partial charge in [-0.25, -0.2) is 0 Å². The topological polar surface area (TPSA) is 0 Å². The van der Waals surface area contributed by atoms with E-state index in [2.05, 4.69) is 13.8 Å². The first-order valence-electron chi connectivity index (χ1n) is 7.84. The molecule has 0 nitrogen and oxygen atoms in total. The molecule has 0 aromatic rings. The molecule has 0 heterocycles. The van der Waals surface area contributed by atoms with Gasteiger partial charge in [0.1, 0.15) is 0 Å². The Bertz CT molecular complexity index is 144. The van der Waals surface area contributed by atoms with Gasteiger partial charge in [-0.05, 0) is 11.8 Å². The molecule has 0 N–H and O–H groups in total. The lowest BCUT2D eigenvalue weighted by molar-refractivity contribution is 0.247. The highest BCUT2D eigenvalue weighted by Gasteiger charge is 2.19. The molecule has 1 atom stereocenters. The van der Waals surface area contributed by atoms with Crippen molar-refractivity contribution in [1.29, 1.82) is 0 Å². The fourth-order valence-corrected chi connectivity index (χ4v) is 3.19. The van der Waals surface area contributed by atoms with Crippen LogP contribution in [0.4, 0.5) is 0 Å². The van der Waals surface area contributed by atoms with Crippen molar-refractivity contribution in [3.63, 3.8) is 0 Å². The maximum absolute atomic E-state index is 2.50. The first-order valence-corrected chi connectivity index (χ1v) is 7.84. The van der Waals surface area contributed by atoms with Gasteiger partial charge in [-0.1, -0.05) is 90.9 Å². The molecule has 0 spiro atoms. The Labute approximate surface area is 103 Å². The molecular formula is C16H32. The van der Waals surface area contributed by atoms with Gasteiger partial charge in [0, 0.05) is 0 Å². The van der Waals surface area contributed by atoms with E-state index in [1.165, 1.54) is 77.0 Å². The fraction of sp³-hybridized carbons (Fsp3) is 1.00. The van der Waals surface area contributed by atoms with Crippen molar-refractivity contribution in [3.8, 4) is 0 Å². The minimum atomic E-state index is 1.01. The zero-order chi connectivity index (χ0) is 11.6. The Kier molecular flexibility index (Phi) is 7.98. The molecule has 0 amide bonds. The van der Waals surface area contributed by atoms with Crippen molar-refractivity contribution >= 4 is 0 Å². The lowest BCUT2D eigenvalue weighted by Gasteiger charge is -2.27. The molecule has 0 heteroatoms. The molecule has 0 radical (unpaired) electrons. The quantitative estimate of drug-likeness (QED) is 0.447. The van der Waals surface area contributed by atoms with Crippen LogP contribution in [0.3, 0.4) is 0 Å². The van der Waals surface area contributed by atoms with Crippen LogP contribution in [0.1, 0.15) is 90.9 Å². The zero-order valence-electron chi connectivity index (χ0n) is 11.6. The van der Waals surface area contributed by atoms with Gasteiger partial charge < -0.3 is 0 Å². The number of hydrogen-bond donors (Lipinski definition) is 0. The summed E-state index contributed by atoms with van der Waals surface area (Å²) in [5.41, 5.74) is 0. The Morgan fingerprint density at radius 1 is 0.875 bits per heavy atom. The first-order chi connectivity index (χ1) is 7.84. The minimum absolute atomic E-state index is 1.01. The molecule has 1 rings (SSSR count). The summed E-state index contributed by atoms with van der Waals surface area (Å²) < 4.78 is 0. The van der Waals surface area contributed by atoms with Crippen molar-refractivity contribution in [1.82, 2.24) is 0 Å². The SMILES string of the molecule is CCCCCCCCC(C)C1CCCCC1. The standard InChI is InChI=1S/C16H32/c1-3-4-5-6-7-9-12-15(2)16-13-10-8-11-14-16/h15-16H,3-14H2,1-2H3. The monoisotopic (exact) mass is 224 g/mol. The molecule has 1 aliphatic carbocycles. The second kappa shape index (κ2) is 9.07. The zero-order valence-corrected chi connectivity index (χ0v) is 11.6. The summed E-state index contributed by atoms with van der Waals surface area (Å²) in [7, 11) is 0. The normalized spacial score (nSPS) is 19.9. The van der Waals surface area contributed by atoms with Crippen LogP contribution in [0.15, 0.2) is 0 Å². The molecule has 16 heavy (non-hydrogen) atoms. The number of rotatable bonds is 8. The van der Waals surface area contributed by atoms with E-state index in [9.17, 15) is 0 Å². The second-order valence-electron chi connectivity index (χ2n) is 5.93. The van der Waals surface area contributed by atoms with E-state index >= 15 is 0 Å². The predicted molar refractivity (Wildman–Crippen MR) is 73.7 cm³/mol. The molecule has 0 aliphatic heterocycles. The molecule has 0 saturated heterocycles. The third-order valence-corrected chi connectivity index (χ3v) is 4.47. The van der Waals surface area contributed by atoms with Crippen LogP contribution in [-0.4, -0.2) is 0 Å². The highest BCUT2D eigenvalue weighted by molar-refractivity contribution is 4.71. The molecule has 1 aliphatic rings. The number of unbranched alkanes of at least 4 members (excludes halogenated alkanes) is 5. The van der Waals surface area contributed by atoms with E-state index in [-0.39, 0.29) is 0 Å². The van der Waals surface area contributed by atoms with Crippen LogP contribution in [0.5, 0.6) is 0 Å². The summed E-state index contributed by atoms with van der Waals surface area (Å²) in [6.07, 6.45) is 17.8. The second-order valence-corrected chi connectivity index (χ2v) is 5.93. The van der Waals surface area contributed by atoms with E-state index in [1.807, 2.05) is 0 Å². The Morgan fingerprint density at radius 3 is 2.19 bits per heavy atom. The van der Waals surface area contributed by atoms with Gasteiger partial charge in [-0.2, -0.15) is 0 Å². The summed E-state index contributed by atoms with van der Waals surface area (Å²) in [6, 6.07) is 0. The van der Waals surface area contributed by atoms with Crippen molar-refractivity contribution in [3.05, 3.63) is 0 Å². The number of hydrogen-bond acceptors (Lipinski definition) is 0. The first kappa shape index (κ1) is 14.1. The fourth-order valence-electron chi connectivity index (χ4n) is 3.19. The third-order valence-electron chi connectivity index (χ3n) is 4.47. The Morgan fingerprint density at radius 2 is 1.50 bits per heavy atom. The van der Waals surface area contributed by atoms with Gasteiger partial charge >= 0.3 is 0 Å². The summed E-state index contributed by atoms with van der Waals surface area (Å²) in [5, 5.41) is 0. The van der Waals surface area contributed by atoms with Gasteiger partial charge in [0.25, 0.3) is 0 Å². The van der Waals surface area contributed by atoms with Crippen LogP contribution in [0, 0.1) is 11.8 Å². The van der Waals surface area contributed by atoms with Crippen LogP contribution >= 0.6 is 0 Å². The summed E-state index contributed by atoms with van der Waals surface area (Å²) in [6.45, 7) is 4.80. The largest absolute Gasteiger partial charge is 0.0654 e. The molecule has 0 aromatic carbocycles. The van der Waals surface area contributed by atoms with Crippen LogP contribution in [-0.2, 0) is 0 Å². The van der Waals surface area contributed by atoms with Gasteiger partial charge in [0.2, 0.25) is 0 Å². The molecule has 0 bridgehead atoms. The lowest BCUT2D eigenvalue weighted by atomic mass is 9.79. The van der Waals surface area contributed by atoms with E-state index in [0.717, 1.165) is 11.8 Å². The molecule has 1 fully saturated rings.